The largest absolute Gasteiger partial charge is 0.477 e. The first-order valence-corrected chi connectivity index (χ1v) is 22.9. The normalized spacial score (nSPS) is 13.1. The van der Waals surface area contributed by atoms with Crippen molar-refractivity contribution in [2.75, 3.05) is 41.0 Å². The first kappa shape index (κ1) is 52.8. The Kier molecular flexibility index (Phi) is 37.1. The van der Waals surface area contributed by atoms with Gasteiger partial charge in [-0.25, -0.2) is 4.79 Å². The van der Waals surface area contributed by atoms with Crippen LogP contribution in [-0.2, 0) is 28.6 Å². The third-order valence-electron chi connectivity index (χ3n) is 10.4. The van der Waals surface area contributed by atoms with Gasteiger partial charge >= 0.3 is 17.9 Å². The van der Waals surface area contributed by atoms with Gasteiger partial charge in [0, 0.05) is 19.3 Å². The van der Waals surface area contributed by atoms with E-state index >= 15 is 0 Å². The number of aliphatic carboxylic acids is 1. The first-order valence-electron chi connectivity index (χ1n) is 22.9. The van der Waals surface area contributed by atoms with Crippen molar-refractivity contribution in [3.05, 3.63) is 24.3 Å². The molecule has 8 nitrogen and oxygen atoms in total. The van der Waals surface area contributed by atoms with E-state index in [9.17, 15) is 19.5 Å². The monoisotopic (exact) mass is 779 g/mol. The number of rotatable bonds is 41. The number of quaternary nitrogens is 1. The molecule has 0 aromatic heterocycles. The van der Waals surface area contributed by atoms with E-state index in [1.165, 1.54) is 116 Å². The molecule has 0 rings (SSSR count). The van der Waals surface area contributed by atoms with E-state index < -0.39 is 18.1 Å². The van der Waals surface area contributed by atoms with Gasteiger partial charge in [0.1, 0.15) is 6.61 Å². The van der Waals surface area contributed by atoms with Crippen LogP contribution in [0.5, 0.6) is 0 Å². The summed E-state index contributed by atoms with van der Waals surface area (Å²) in [7, 11) is 5.53. The lowest BCUT2D eigenvalue weighted by molar-refractivity contribution is -0.887. The predicted octanol–water partition coefficient (Wildman–Crippen LogP) is 12.5. The molecule has 0 aromatic carbocycles. The van der Waals surface area contributed by atoms with Crippen molar-refractivity contribution in [1.82, 2.24) is 0 Å². The molecule has 0 amide bonds. The minimum atomic E-state index is -0.876. The maximum atomic E-state index is 12.7. The minimum absolute atomic E-state index is 0.0530. The lowest BCUT2D eigenvalue weighted by Gasteiger charge is -2.31. The first-order chi connectivity index (χ1) is 26.6. The summed E-state index contributed by atoms with van der Waals surface area (Å²) in [4.78, 5) is 37.0. The van der Waals surface area contributed by atoms with E-state index in [-0.39, 0.29) is 36.2 Å². The summed E-state index contributed by atoms with van der Waals surface area (Å²) in [5.74, 6) is -1.48. The van der Waals surface area contributed by atoms with Gasteiger partial charge in [0.05, 0.1) is 34.4 Å². The summed E-state index contributed by atoms with van der Waals surface area (Å²) in [5.41, 5.74) is 0. The summed E-state index contributed by atoms with van der Waals surface area (Å²) in [5, 5.41) is 9.62. The zero-order chi connectivity index (χ0) is 40.7. The third kappa shape index (κ3) is 37.2. The number of carboxylic acid groups (broad SMARTS) is 1. The average molecular weight is 779 g/mol. The Labute approximate surface area is 339 Å². The van der Waals surface area contributed by atoms with Crippen molar-refractivity contribution in [1.29, 1.82) is 0 Å². The molecule has 0 bridgehead atoms. The number of carboxylic acids is 1. The molecule has 8 heteroatoms. The molecule has 0 aromatic rings. The highest BCUT2D eigenvalue weighted by atomic mass is 16.6. The Morgan fingerprint density at radius 3 is 1.36 bits per heavy atom. The topological polar surface area (TPSA) is 99.1 Å². The molecule has 0 aliphatic heterocycles. The summed E-state index contributed by atoms with van der Waals surface area (Å²) >= 11 is 0. The van der Waals surface area contributed by atoms with Crippen LogP contribution in [0.15, 0.2) is 24.3 Å². The fraction of sp³-hybridized carbons (Fsp3) is 0.851. The standard InChI is InChI=1S/C47H87NO7/c1-6-8-10-12-14-16-18-20-21-22-23-24-26-28-30-32-34-36-38-46(50)55-43(41-53-40-39-44(47(51)52)48(3,4)5)42-54-45(49)37-35-33-31-29-27-25-19-17-15-13-11-9-7-2/h21-24,43-44H,6-20,25-42H2,1-5H3/p+1/b22-21+,24-23+. The van der Waals surface area contributed by atoms with E-state index in [0.717, 1.165) is 57.8 Å². The van der Waals surface area contributed by atoms with Gasteiger partial charge in [-0.05, 0) is 38.5 Å². The van der Waals surface area contributed by atoms with E-state index in [0.29, 0.717) is 19.3 Å². The van der Waals surface area contributed by atoms with Gasteiger partial charge < -0.3 is 23.8 Å². The summed E-state index contributed by atoms with van der Waals surface area (Å²) in [6, 6.07) is -0.614. The number of carbonyl (C=O) groups excluding carboxylic acids is 2. The van der Waals surface area contributed by atoms with E-state index in [1.807, 2.05) is 21.1 Å². The summed E-state index contributed by atoms with van der Waals surface area (Å²) in [6.07, 6.45) is 42.1. The SMILES string of the molecule is CCCCCCCCC/C=C/C=C/CCCCCCCC(=O)OC(COCCC(C(=O)O)[N+](C)(C)C)COC(=O)CCCCCCCCCCCCCCC. The van der Waals surface area contributed by atoms with Crippen LogP contribution in [0.2, 0.25) is 0 Å². The maximum Gasteiger partial charge on any atom is 0.362 e. The lowest BCUT2D eigenvalue weighted by atomic mass is 10.0. The van der Waals surface area contributed by atoms with Gasteiger partial charge in [0.2, 0.25) is 0 Å². The van der Waals surface area contributed by atoms with Gasteiger partial charge in [-0.1, -0.05) is 173 Å². The van der Waals surface area contributed by atoms with Crippen molar-refractivity contribution >= 4 is 17.9 Å². The Hall–Kier alpha value is -2.19. The van der Waals surface area contributed by atoms with Crippen LogP contribution in [-0.4, -0.2) is 80.6 Å². The molecule has 0 saturated heterocycles. The van der Waals surface area contributed by atoms with Crippen LogP contribution in [0.1, 0.15) is 206 Å². The molecule has 2 unspecified atom stereocenters. The molecular weight excluding hydrogens is 691 g/mol. The van der Waals surface area contributed by atoms with E-state index in [4.69, 9.17) is 14.2 Å². The zero-order valence-electron chi connectivity index (χ0n) is 36.6. The van der Waals surface area contributed by atoms with E-state index in [1.54, 1.807) is 0 Å². The van der Waals surface area contributed by atoms with Crippen molar-refractivity contribution in [3.63, 3.8) is 0 Å². The van der Waals surface area contributed by atoms with Crippen LogP contribution < -0.4 is 0 Å². The van der Waals surface area contributed by atoms with Crippen LogP contribution in [0, 0.1) is 0 Å². The Morgan fingerprint density at radius 2 is 0.945 bits per heavy atom. The fourth-order valence-corrected chi connectivity index (χ4v) is 6.79. The molecule has 1 N–H and O–H groups in total. The molecule has 0 saturated carbocycles. The molecule has 0 aliphatic rings. The molecule has 0 aliphatic carbocycles. The van der Waals surface area contributed by atoms with Crippen LogP contribution in [0.25, 0.3) is 0 Å². The number of unbranched alkanes of at least 4 members (excludes halogenated alkanes) is 24. The number of nitrogens with zero attached hydrogens (tertiary/aromatic N) is 1. The van der Waals surface area contributed by atoms with Crippen LogP contribution in [0.3, 0.4) is 0 Å². The van der Waals surface area contributed by atoms with Gasteiger partial charge in [-0.15, -0.1) is 0 Å². The highest BCUT2D eigenvalue weighted by Crippen LogP contribution is 2.15. The molecule has 2 atom stereocenters. The third-order valence-corrected chi connectivity index (χ3v) is 10.4. The second-order valence-electron chi connectivity index (χ2n) is 16.7. The van der Waals surface area contributed by atoms with Crippen LogP contribution >= 0.6 is 0 Å². The smallest absolute Gasteiger partial charge is 0.362 e. The van der Waals surface area contributed by atoms with E-state index in [2.05, 4.69) is 38.2 Å². The second-order valence-corrected chi connectivity index (χ2v) is 16.7. The highest BCUT2D eigenvalue weighted by Gasteiger charge is 2.31. The molecule has 0 heterocycles. The van der Waals surface area contributed by atoms with Crippen molar-refractivity contribution in [2.24, 2.45) is 0 Å². The molecular formula is C47H88NO7+. The number of carbonyl (C=O) groups is 3. The second kappa shape index (κ2) is 38.7. The Morgan fingerprint density at radius 1 is 0.545 bits per heavy atom. The molecule has 322 valence electrons. The molecule has 0 fully saturated rings. The van der Waals surface area contributed by atoms with Gasteiger partial charge in [-0.2, -0.15) is 0 Å². The van der Waals surface area contributed by atoms with Crippen LogP contribution in [0.4, 0.5) is 0 Å². The van der Waals surface area contributed by atoms with Gasteiger partial charge in [0.25, 0.3) is 0 Å². The summed E-state index contributed by atoms with van der Waals surface area (Å²) in [6.45, 7) is 4.73. The number of hydrogen-bond acceptors (Lipinski definition) is 6. The molecule has 0 spiro atoms. The molecule has 55 heavy (non-hydrogen) atoms. The Bertz CT molecular complexity index is 957. The number of esters is 2. The number of allylic oxidation sites excluding steroid dienone is 4. The fourth-order valence-electron chi connectivity index (χ4n) is 6.79. The zero-order valence-corrected chi connectivity index (χ0v) is 36.6. The quantitative estimate of drug-likeness (QED) is 0.0285. The van der Waals surface area contributed by atoms with Crippen molar-refractivity contribution < 1.29 is 38.2 Å². The number of likely N-dealkylation sites (N-methyl/N-ethyl adjacent to an activating group) is 1. The summed E-state index contributed by atoms with van der Waals surface area (Å²) < 4.78 is 17.3. The number of ether oxygens (including phenoxy) is 3. The highest BCUT2D eigenvalue weighted by molar-refractivity contribution is 5.72. The lowest BCUT2D eigenvalue weighted by Crippen LogP contribution is -2.50. The average Bonchev–Trinajstić information content (AvgIpc) is 3.14. The van der Waals surface area contributed by atoms with Crippen molar-refractivity contribution in [3.8, 4) is 0 Å². The Balaban J connectivity index is 4.34. The van der Waals surface area contributed by atoms with Gasteiger partial charge in [-0.3, -0.25) is 9.59 Å². The molecule has 0 radical (unpaired) electrons. The maximum absolute atomic E-state index is 12.7. The minimum Gasteiger partial charge on any atom is -0.477 e. The predicted molar refractivity (Wildman–Crippen MR) is 229 cm³/mol. The van der Waals surface area contributed by atoms with Crippen molar-refractivity contribution in [2.45, 2.75) is 219 Å². The van der Waals surface area contributed by atoms with Gasteiger partial charge in [0.15, 0.2) is 12.1 Å². The number of hydrogen-bond donors (Lipinski definition) is 1.